The number of methoxy groups -OCH3 is 2. The Morgan fingerprint density at radius 2 is 1.33 bits per heavy atom. The van der Waals surface area contributed by atoms with Crippen LogP contribution in [0.25, 0.3) is 11.1 Å². The highest BCUT2D eigenvalue weighted by atomic mass is 16.5. The van der Waals surface area contributed by atoms with Gasteiger partial charge in [-0.3, -0.25) is 4.90 Å². The van der Waals surface area contributed by atoms with Gasteiger partial charge >= 0.3 is 0 Å². The summed E-state index contributed by atoms with van der Waals surface area (Å²) in [6, 6.07) is 14.8. The van der Waals surface area contributed by atoms with Gasteiger partial charge in [0.25, 0.3) is 0 Å². The van der Waals surface area contributed by atoms with E-state index in [1.165, 1.54) is 0 Å². The van der Waals surface area contributed by atoms with E-state index in [0.29, 0.717) is 12.1 Å². The van der Waals surface area contributed by atoms with Crippen molar-refractivity contribution in [1.29, 1.82) is 0 Å². The lowest BCUT2D eigenvalue weighted by Gasteiger charge is -2.30. The van der Waals surface area contributed by atoms with E-state index < -0.39 is 0 Å². The molecule has 2 aromatic rings. The molecular formula is C21H27NO2. The van der Waals surface area contributed by atoms with E-state index in [9.17, 15) is 0 Å². The van der Waals surface area contributed by atoms with Gasteiger partial charge in [0, 0.05) is 12.1 Å². The lowest BCUT2D eigenvalue weighted by atomic mass is 9.97. The van der Waals surface area contributed by atoms with E-state index >= 15 is 0 Å². The van der Waals surface area contributed by atoms with E-state index in [4.69, 9.17) is 9.47 Å². The predicted octanol–water partition coefficient (Wildman–Crippen LogP) is 4.88. The summed E-state index contributed by atoms with van der Waals surface area (Å²) in [5, 5.41) is 0. The molecule has 0 amide bonds. The molecule has 0 atom stereocenters. The molecule has 0 aromatic heterocycles. The van der Waals surface area contributed by atoms with E-state index in [1.54, 1.807) is 14.2 Å². The van der Waals surface area contributed by atoms with E-state index in [1.807, 2.05) is 30.3 Å². The molecule has 0 saturated carbocycles. The number of benzene rings is 2. The third-order valence-corrected chi connectivity index (χ3v) is 3.99. The van der Waals surface area contributed by atoms with Gasteiger partial charge in [-0.1, -0.05) is 30.3 Å². The van der Waals surface area contributed by atoms with Crippen molar-refractivity contribution in [3.8, 4) is 22.6 Å². The van der Waals surface area contributed by atoms with E-state index in [0.717, 1.165) is 28.2 Å². The predicted molar refractivity (Wildman–Crippen MR) is 99.4 cm³/mol. The molecule has 0 heterocycles. The Bertz CT molecular complexity index is 634. The van der Waals surface area contributed by atoms with Crippen molar-refractivity contribution >= 4 is 0 Å². The Kier molecular flexibility index (Phi) is 6.27. The van der Waals surface area contributed by atoms with Gasteiger partial charge in [-0.25, -0.2) is 0 Å². The molecule has 2 rings (SSSR count). The third-order valence-electron chi connectivity index (χ3n) is 3.99. The molecule has 3 heteroatoms. The normalized spacial score (nSPS) is 11.4. The maximum Gasteiger partial charge on any atom is 0.130 e. The van der Waals surface area contributed by atoms with Crippen molar-refractivity contribution in [1.82, 2.24) is 4.90 Å². The maximum atomic E-state index is 5.58. The number of ether oxygens (including phenoxy) is 2. The van der Waals surface area contributed by atoms with Crippen LogP contribution >= 0.6 is 0 Å². The first-order chi connectivity index (χ1) is 11.5. The zero-order valence-corrected chi connectivity index (χ0v) is 15.5. The molecule has 0 N–H and O–H groups in total. The third kappa shape index (κ3) is 3.90. The lowest BCUT2D eigenvalue weighted by Crippen LogP contribution is -2.35. The number of rotatable bonds is 7. The molecule has 0 unspecified atom stereocenters. The van der Waals surface area contributed by atoms with Crippen LogP contribution in [0.3, 0.4) is 0 Å². The largest absolute Gasteiger partial charge is 0.496 e. The minimum atomic E-state index is 0.373. The zero-order chi connectivity index (χ0) is 17.7. The quantitative estimate of drug-likeness (QED) is 0.677. The van der Waals surface area contributed by atoms with Gasteiger partial charge in [0.15, 0.2) is 0 Å². The first-order valence-electron chi connectivity index (χ1n) is 8.35. The molecule has 0 aliphatic carbocycles. The number of hydrogen-bond donors (Lipinski definition) is 0. The molecule has 2 aromatic carbocycles. The fourth-order valence-corrected chi connectivity index (χ4v) is 2.91. The summed E-state index contributed by atoms with van der Waals surface area (Å²) in [5.74, 6) is 1.59. The summed E-state index contributed by atoms with van der Waals surface area (Å²) < 4.78 is 11.2. The first-order valence-corrected chi connectivity index (χ1v) is 8.35. The molecule has 0 bridgehead atoms. The highest BCUT2D eigenvalue weighted by molar-refractivity contribution is 5.80. The fourth-order valence-electron chi connectivity index (χ4n) is 2.91. The van der Waals surface area contributed by atoms with Crippen LogP contribution in [-0.4, -0.2) is 31.2 Å². The van der Waals surface area contributed by atoms with Gasteiger partial charge < -0.3 is 9.47 Å². The van der Waals surface area contributed by atoms with Crippen LogP contribution in [-0.2, 0) is 0 Å². The summed E-state index contributed by atoms with van der Waals surface area (Å²) in [6.45, 7) is 12.3. The second-order valence-electron chi connectivity index (χ2n) is 6.29. The monoisotopic (exact) mass is 325 g/mol. The standard InChI is InChI=1S/C21H27NO2/c1-15(2)22(16(3)4)14-17-10-7-8-11-18(17)21-19(23-5)12-9-13-20(21)24-6/h7-13,15-16H,1-6H3. The van der Waals surface area contributed by atoms with Crippen LogP contribution in [0.5, 0.6) is 11.5 Å². The summed E-state index contributed by atoms with van der Waals surface area (Å²) in [4.78, 5) is 2.24. The first kappa shape index (κ1) is 18.3. The Morgan fingerprint density at radius 3 is 1.83 bits per heavy atom. The van der Waals surface area contributed by atoms with Gasteiger partial charge in [0.05, 0.1) is 26.3 Å². The van der Waals surface area contributed by atoms with Crippen molar-refractivity contribution in [3.05, 3.63) is 54.6 Å². The second kappa shape index (κ2) is 8.20. The molecule has 0 spiro atoms. The van der Waals surface area contributed by atoms with Gasteiger partial charge in [0.1, 0.15) is 11.5 Å². The lowest BCUT2D eigenvalue weighted by molar-refractivity contribution is 0.231. The highest BCUT2D eigenvalue weighted by Crippen LogP contribution is 2.40. The van der Waals surface area contributed by atoms with Crippen LogP contribution in [0.1, 0.15) is 33.3 Å². The van der Waals surface area contributed by atoms with Gasteiger partial charge in [-0.15, -0.1) is 0 Å². The van der Waals surface area contributed by atoms with Crippen molar-refractivity contribution in [2.75, 3.05) is 14.2 Å². The highest BCUT2D eigenvalue weighted by Gasteiger charge is 2.20. The summed E-state index contributed by atoms with van der Waals surface area (Å²) >= 11 is 0. The molecule has 2 radical (unpaired) electrons. The minimum Gasteiger partial charge on any atom is -0.496 e. The SMILES string of the molecule is COc1cccc(OC)c1-c1ccccc1[C]N(C(C)C)C(C)C. The van der Waals surface area contributed by atoms with Gasteiger partial charge in [-0.2, -0.15) is 0 Å². The zero-order valence-electron chi connectivity index (χ0n) is 15.5. The number of hydrogen-bond acceptors (Lipinski definition) is 3. The van der Waals surface area contributed by atoms with Crippen LogP contribution in [0.15, 0.2) is 42.5 Å². The van der Waals surface area contributed by atoms with Crippen LogP contribution < -0.4 is 9.47 Å². The Balaban J connectivity index is 2.54. The van der Waals surface area contributed by atoms with Gasteiger partial charge in [0.2, 0.25) is 0 Å². The molecule has 3 nitrogen and oxygen atoms in total. The molecule has 128 valence electrons. The summed E-state index contributed by atoms with van der Waals surface area (Å²) in [5.41, 5.74) is 3.04. The van der Waals surface area contributed by atoms with Crippen molar-refractivity contribution in [2.45, 2.75) is 39.8 Å². The van der Waals surface area contributed by atoms with Crippen molar-refractivity contribution in [3.63, 3.8) is 0 Å². The minimum absolute atomic E-state index is 0.373. The van der Waals surface area contributed by atoms with Crippen molar-refractivity contribution in [2.24, 2.45) is 0 Å². The number of nitrogens with zero attached hydrogens (tertiary/aromatic N) is 1. The van der Waals surface area contributed by atoms with E-state index in [-0.39, 0.29) is 0 Å². The topological polar surface area (TPSA) is 21.7 Å². The average Bonchev–Trinajstić information content (AvgIpc) is 2.58. The second-order valence-corrected chi connectivity index (χ2v) is 6.29. The smallest absolute Gasteiger partial charge is 0.130 e. The molecule has 0 fully saturated rings. The van der Waals surface area contributed by atoms with E-state index in [2.05, 4.69) is 51.3 Å². The molecule has 24 heavy (non-hydrogen) atoms. The molecule has 0 saturated heterocycles. The van der Waals surface area contributed by atoms with Crippen LogP contribution in [0.4, 0.5) is 0 Å². The average molecular weight is 325 g/mol. The van der Waals surface area contributed by atoms with Gasteiger partial charge in [-0.05, 0) is 51.0 Å². The maximum absolute atomic E-state index is 5.58. The van der Waals surface area contributed by atoms with Crippen LogP contribution in [0.2, 0.25) is 0 Å². The van der Waals surface area contributed by atoms with Crippen LogP contribution in [0, 0.1) is 6.54 Å². The summed E-state index contributed by atoms with van der Waals surface area (Å²) in [6.07, 6.45) is 0. The Hall–Kier alpha value is -2.00. The molecular weight excluding hydrogens is 298 g/mol. The fraction of sp³-hybridized carbons (Fsp3) is 0.381. The Labute approximate surface area is 146 Å². The molecule has 0 aliphatic heterocycles. The Morgan fingerprint density at radius 1 is 0.792 bits per heavy atom. The van der Waals surface area contributed by atoms with Crippen molar-refractivity contribution < 1.29 is 9.47 Å². The summed E-state index contributed by atoms with van der Waals surface area (Å²) in [7, 11) is 3.37. The molecule has 0 aliphatic rings.